The van der Waals surface area contributed by atoms with Crippen molar-refractivity contribution in [3.05, 3.63) is 0 Å². The van der Waals surface area contributed by atoms with E-state index < -0.39 is 0 Å². The van der Waals surface area contributed by atoms with E-state index in [0.29, 0.717) is 0 Å². The molecular weight excluding hydrogens is 182 g/mol. The van der Waals surface area contributed by atoms with Gasteiger partial charge in [0.15, 0.2) is 0 Å². The summed E-state index contributed by atoms with van der Waals surface area (Å²) < 4.78 is 0. The van der Waals surface area contributed by atoms with E-state index in [1.165, 1.54) is 51.4 Å². The quantitative estimate of drug-likeness (QED) is 0.674. The molecule has 0 radical (unpaired) electrons. The van der Waals surface area contributed by atoms with E-state index in [2.05, 4.69) is 26.1 Å². The third-order valence-electron chi connectivity index (χ3n) is 3.86. The topological polar surface area (TPSA) is 12.0 Å². The minimum Gasteiger partial charge on any atom is -0.311 e. The zero-order valence-corrected chi connectivity index (χ0v) is 10.9. The molecule has 0 heterocycles. The molecule has 0 bridgehead atoms. The van der Waals surface area contributed by atoms with Gasteiger partial charge in [-0.05, 0) is 38.0 Å². The van der Waals surface area contributed by atoms with Gasteiger partial charge in [-0.2, -0.15) is 0 Å². The third-order valence-corrected chi connectivity index (χ3v) is 3.86. The van der Waals surface area contributed by atoms with Crippen LogP contribution in [0.15, 0.2) is 0 Å². The molecule has 90 valence electrons. The maximum atomic E-state index is 3.87. The summed E-state index contributed by atoms with van der Waals surface area (Å²) in [6, 6.07) is 1.58. The summed E-state index contributed by atoms with van der Waals surface area (Å²) in [7, 11) is 0. The number of nitrogens with one attached hydrogen (secondary N) is 1. The first-order valence-electron chi connectivity index (χ1n) is 7.02. The molecule has 0 aromatic carbocycles. The zero-order chi connectivity index (χ0) is 11.1. The highest BCUT2D eigenvalue weighted by atomic mass is 14.9. The molecule has 1 aliphatic carbocycles. The molecule has 0 aromatic heterocycles. The molecule has 1 rings (SSSR count). The lowest BCUT2D eigenvalue weighted by atomic mass is 10.0. The molecule has 1 nitrogen and oxygen atoms in total. The van der Waals surface area contributed by atoms with E-state index in [1.54, 1.807) is 0 Å². The Morgan fingerprint density at radius 1 is 1.13 bits per heavy atom. The summed E-state index contributed by atoms with van der Waals surface area (Å²) >= 11 is 0. The average Bonchev–Trinajstić information content (AvgIpc) is 2.43. The Morgan fingerprint density at radius 3 is 2.60 bits per heavy atom. The van der Waals surface area contributed by atoms with Gasteiger partial charge in [-0.25, -0.2) is 0 Å². The Morgan fingerprint density at radius 2 is 1.93 bits per heavy atom. The van der Waals surface area contributed by atoms with E-state index >= 15 is 0 Å². The smallest absolute Gasteiger partial charge is 0.00697 e. The second kappa shape index (κ2) is 7.27. The SMILES string of the molecule is CCCC(CC)NC1CCCC(C)CC1. The van der Waals surface area contributed by atoms with Gasteiger partial charge in [-0.3, -0.25) is 0 Å². The predicted octanol–water partition coefficient (Wildman–Crippen LogP) is 4.12. The molecule has 1 fully saturated rings. The Labute approximate surface area is 96.0 Å². The minimum absolute atomic E-state index is 0.772. The molecule has 3 atom stereocenters. The summed E-state index contributed by atoms with van der Waals surface area (Å²) in [6.45, 7) is 7.01. The highest BCUT2D eigenvalue weighted by Crippen LogP contribution is 2.23. The second-order valence-corrected chi connectivity index (χ2v) is 5.37. The third kappa shape index (κ3) is 5.01. The monoisotopic (exact) mass is 211 g/mol. The Balaban J connectivity index is 2.29. The van der Waals surface area contributed by atoms with Crippen LogP contribution in [-0.2, 0) is 0 Å². The van der Waals surface area contributed by atoms with Gasteiger partial charge in [-0.1, -0.05) is 40.0 Å². The number of hydrogen-bond donors (Lipinski definition) is 1. The molecule has 0 aromatic rings. The molecule has 1 N–H and O–H groups in total. The van der Waals surface area contributed by atoms with Crippen molar-refractivity contribution in [2.75, 3.05) is 0 Å². The Kier molecular flexibility index (Phi) is 6.31. The standard InChI is InChI=1S/C14H29N/c1-4-7-13(5-2)15-14-9-6-8-12(3)10-11-14/h12-15H,4-11H2,1-3H3. The lowest BCUT2D eigenvalue weighted by Crippen LogP contribution is -2.37. The second-order valence-electron chi connectivity index (χ2n) is 5.37. The van der Waals surface area contributed by atoms with Crippen molar-refractivity contribution in [3.8, 4) is 0 Å². The van der Waals surface area contributed by atoms with Crippen molar-refractivity contribution >= 4 is 0 Å². The fourth-order valence-corrected chi connectivity index (χ4v) is 2.74. The molecule has 0 amide bonds. The van der Waals surface area contributed by atoms with Crippen LogP contribution in [0.25, 0.3) is 0 Å². The molecule has 0 aliphatic heterocycles. The van der Waals surface area contributed by atoms with Gasteiger partial charge in [0, 0.05) is 12.1 Å². The largest absolute Gasteiger partial charge is 0.311 e. The Hall–Kier alpha value is -0.0400. The molecule has 1 saturated carbocycles. The molecular formula is C14H29N. The van der Waals surface area contributed by atoms with Crippen molar-refractivity contribution < 1.29 is 0 Å². The van der Waals surface area contributed by atoms with Crippen LogP contribution in [0.4, 0.5) is 0 Å². The fraction of sp³-hybridized carbons (Fsp3) is 1.00. The van der Waals surface area contributed by atoms with Gasteiger partial charge < -0.3 is 5.32 Å². The van der Waals surface area contributed by atoms with E-state index in [-0.39, 0.29) is 0 Å². The van der Waals surface area contributed by atoms with Gasteiger partial charge in [0.2, 0.25) is 0 Å². The molecule has 3 unspecified atom stereocenters. The van der Waals surface area contributed by atoms with Crippen molar-refractivity contribution in [1.82, 2.24) is 5.32 Å². The van der Waals surface area contributed by atoms with Crippen molar-refractivity contribution in [2.45, 2.75) is 84.2 Å². The normalized spacial score (nSPS) is 29.8. The van der Waals surface area contributed by atoms with Gasteiger partial charge in [0.05, 0.1) is 0 Å². The summed E-state index contributed by atoms with van der Waals surface area (Å²) in [6.07, 6.45) is 11.1. The van der Waals surface area contributed by atoms with Crippen LogP contribution in [0.1, 0.15) is 72.1 Å². The lowest BCUT2D eigenvalue weighted by molar-refractivity contribution is 0.365. The average molecular weight is 211 g/mol. The van der Waals surface area contributed by atoms with Gasteiger partial charge in [-0.15, -0.1) is 0 Å². The molecule has 1 heteroatoms. The summed E-state index contributed by atoms with van der Waals surface area (Å²) in [4.78, 5) is 0. The van der Waals surface area contributed by atoms with E-state index in [9.17, 15) is 0 Å². The van der Waals surface area contributed by atoms with Crippen molar-refractivity contribution in [1.29, 1.82) is 0 Å². The lowest BCUT2D eigenvalue weighted by Gasteiger charge is -2.23. The number of rotatable bonds is 5. The molecule has 15 heavy (non-hydrogen) atoms. The summed E-state index contributed by atoms with van der Waals surface area (Å²) in [5.74, 6) is 0.961. The van der Waals surface area contributed by atoms with Crippen LogP contribution in [-0.4, -0.2) is 12.1 Å². The first-order valence-corrected chi connectivity index (χ1v) is 7.02. The molecule has 0 saturated heterocycles. The summed E-state index contributed by atoms with van der Waals surface area (Å²) in [5.41, 5.74) is 0. The molecule has 1 aliphatic rings. The zero-order valence-electron chi connectivity index (χ0n) is 10.9. The fourth-order valence-electron chi connectivity index (χ4n) is 2.74. The van der Waals surface area contributed by atoms with E-state index in [4.69, 9.17) is 0 Å². The van der Waals surface area contributed by atoms with E-state index in [1.807, 2.05) is 0 Å². The highest BCUT2D eigenvalue weighted by Gasteiger charge is 2.18. The predicted molar refractivity (Wildman–Crippen MR) is 68.2 cm³/mol. The first-order chi connectivity index (χ1) is 7.26. The van der Waals surface area contributed by atoms with Crippen LogP contribution in [0, 0.1) is 5.92 Å². The van der Waals surface area contributed by atoms with E-state index in [0.717, 1.165) is 18.0 Å². The highest BCUT2D eigenvalue weighted by molar-refractivity contribution is 4.77. The van der Waals surface area contributed by atoms with Gasteiger partial charge in [0.25, 0.3) is 0 Å². The van der Waals surface area contributed by atoms with Crippen LogP contribution < -0.4 is 5.32 Å². The minimum atomic E-state index is 0.772. The van der Waals surface area contributed by atoms with Gasteiger partial charge in [0.1, 0.15) is 0 Å². The van der Waals surface area contributed by atoms with Gasteiger partial charge >= 0.3 is 0 Å². The number of hydrogen-bond acceptors (Lipinski definition) is 1. The Bertz CT molecular complexity index is 155. The van der Waals surface area contributed by atoms with Crippen LogP contribution in [0.3, 0.4) is 0 Å². The maximum absolute atomic E-state index is 3.87. The van der Waals surface area contributed by atoms with Crippen molar-refractivity contribution in [3.63, 3.8) is 0 Å². The summed E-state index contributed by atoms with van der Waals surface area (Å²) in [5, 5.41) is 3.87. The van der Waals surface area contributed by atoms with Crippen LogP contribution >= 0.6 is 0 Å². The molecule has 0 spiro atoms. The first kappa shape index (κ1) is 13.0. The van der Waals surface area contributed by atoms with Crippen molar-refractivity contribution in [2.24, 2.45) is 5.92 Å². The maximum Gasteiger partial charge on any atom is 0.00697 e. The van der Waals surface area contributed by atoms with Crippen LogP contribution in [0.2, 0.25) is 0 Å². The van der Waals surface area contributed by atoms with Crippen LogP contribution in [0.5, 0.6) is 0 Å².